The fraction of sp³-hybridized carbons (Fsp3) is 0.364. The third-order valence-corrected chi connectivity index (χ3v) is 5.39. The van der Waals surface area contributed by atoms with Gasteiger partial charge in [-0.15, -0.1) is 0 Å². The van der Waals surface area contributed by atoms with E-state index < -0.39 is 0 Å². The smallest absolute Gasteiger partial charge is 0.254 e. The van der Waals surface area contributed by atoms with E-state index >= 15 is 0 Å². The van der Waals surface area contributed by atoms with Gasteiger partial charge in [-0.2, -0.15) is 5.10 Å². The van der Waals surface area contributed by atoms with Gasteiger partial charge in [-0.3, -0.25) is 4.79 Å². The Balaban J connectivity index is 1.45. The number of rotatable bonds is 5. The largest absolute Gasteiger partial charge is 0.493 e. The van der Waals surface area contributed by atoms with Crippen LogP contribution in [0.3, 0.4) is 0 Å². The van der Waals surface area contributed by atoms with Crippen molar-refractivity contribution in [3.63, 3.8) is 0 Å². The molecule has 0 aliphatic carbocycles. The second kappa shape index (κ2) is 8.63. The number of benzene rings is 1. The van der Waals surface area contributed by atoms with Crippen LogP contribution in [0.1, 0.15) is 21.7 Å². The maximum Gasteiger partial charge on any atom is 0.254 e. The molecule has 1 aromatic carbocycles. The Morgan fingerprint density at radius 3 is 2.26 bits per heavy atom. The molecule has 4 rings (SSSR count). The van der Waals surface area contributed by atoms with E-state index in [2.05, 4.69) is 20.0 Å². The van der Waals surface area contributed by atoms with Crippen LogP contribution >= 0.6 is 0 Å². The predicted octanol–water partition coefficient (Wildman–Crippen LogP) is 2.26. The number of amides is 1. The summed E-state index contributed by atoms with van der Waals surface area (Å²) in [7, 11) is 3.14. The van der Waals surface area contributed by atoms with Gasteiger partial charge < -0.3 is 19.3 Å². The lowest BCUT2D eigenvalue weighted by Crippen LogP contribution is -2.49. The van der Waals surface area contributed by atoms with E-state index in [9.17, 15) is 4.79 Å². The number of aryl methyl sites for hydroxylation is 2. The van der Waals surface area contributed by atoms with E-state index in [0.717, 1.165) is 23.0 Å². The first-order valence-electron chi connectivity index (χ1n) is 10.1. The van der Waals surface area contributed by atoms with Gasteiger partial charge in [-0.1, -0.05) is 0 Å². The molecule has 3 heterocycles. The van der Waals surface area contributed by atoms with E-state index in [1.54, 1.807) is 38.7 Å². The Morgan fingerprint density at radius 1 is 0.903 bits per heavy atom. The molecule has 0 atom stereocenters. The van der Waals surface area contributed by atoms with Crippen molar-refractivity contribution in [3.8, 4) is 17.3 Å². The van der Waals surface area contributed by atoms with Gasteiger partial charge in [-0.25, -0.2) is 14.6 Å². The quantitative estimate of drug-likeness (QED) is 0.623. The number of hydrogen-bond acceptors (Lipinski definition) is 7. The molecule has 0 N–H and O–H groups in total. The highest BCUT2D eigenvalue weighted by Crippen LogP contribution is 2.28. The van der Waals surface area contributed by atoms with E-state index in [0.29, 0.717) is 43.2 Å². The zero-order valence-corrected chi connectivity index (χ0v) is 18.2. The topological polar surface area (TPSA) is 85.6 Å². The Morgan fingerprint density at radius 2 is 1.61 bits per heavy atom. The molecular formula is C22H26N6O3. The van der Waals surface area contributed by atoms with Crippen LogP contribution in [-0.4, -0.2) is 71.0 Å². The van der Waals surface area contributed by atoms with E-state index in [-0.39, 0.29) is 5.91 Å². The van der Waals surface area contributed by atoms with Gasteiger partial charge in [0.1, 0.15) is 12.1 Å². The molecule has 9 heteroatoms. The van der Waals surface area contributed by atoms with Crippen molar-refractivity contribution in [1.82, 2.24) is 24.6 Å². The van der Waals surface area contributed by atoms with Crippen molar-refractivity contribution in [2.75, 3.05) is 45.3 Å². The minimum absolute atomic E-state index is 0.0216. The number of aromatic nitrogens is 4. The van der Waals surface area contributed by atoms with E-state index in [4.69, 9.17) is 9.47 Å². The highest BCUT2D eigenvalue weighted by molar-refractivity contribution is 5.95. The van der Waals surface area contributed by atoms with Crippen LogP contribution in [0.15, 0.2) is 36.7 Å². The van der Waals surface area contributed by atoms with E-state index in [1.807, 2.05) is 35.6 Å². The Kier molecular flexibility index (Phi) is 5.75. The lowest BCUT2D eigenvalue weighted by molar-refractivity contribution is 0.0746. The standard InChI is InChI=1S/C22H26N6O3/c1-15-11-16(2)28(25-15)21-13-20(23-14-24-21)26-7-9-27(10-8-26)22(29)17-5-6-18(30-3)19(12-17)31-4/h5-6,11-14H,7-10H2,1-4H3. The van der Waals surface area contributed by atoms with Crippen molar-refractivity contribution < 1.29 is 14.3 Å². The predicted molar refractivity (Wildman–Crippen MR) is 116 cm³/mol. The average Bonchev–Trinajstić information content (AvgIpc) is 3.16. The molecule has 9 nitrogen and oxygen atoms in total. The zero-order chi connectivity index (χ0) is 22.0. The van der Waals surface area contributed by atoms with Crippen molar-refractivity contribution >= 4 is 11.7 Å². The van der Waals surface area contributed by atoms with Gasteiger partial charge >= 0.3 is 0 Å². The van der Waals surface area contributed by atoms with Gasteiger partial charge in [0.25, 0.3) is 5.91 Å². The van der Waals surface area contributed by atoms with Crippen LogP contribution in [0.25, 0.3) is 5.82 Å². The summed E-state index contributed by atoms with van der Waals surface area (Å²) in [5, 5.41) is 4.50. The van der Waals surface area contributed by atoms with Gasteiger partial charge in [0, 0.05) is 43.5 Å². The SMILES string of the molecule is COc1ccc(C(=O)N2CCN(c3cc(-n4nc(C)cc4C)ncn3)CC2)cc1OC. The molecule has 0 radical (unpaired) electrons. The number of methoxy groups -OCH3 is 2. The molecule has 1 aliphatic heterocycles. The molecule has 0 saturated carbocycles. The van der Waals surface area contributed by atoms with Gasteiger partial charge in [0.15, 0.2) is 17.3 Å². The number of anilines is 1. The highest BCUT2D eigenvalue weighted by atomic mass is 16.5. The molecule has 1 aliphatic rings. The molecule has 3 aromatic rings. The summed E-state index contributed by atoms with van der Waals surface area (Å²) >= 11 is 0. The van der Waals surface area contributed by atoms with Gasteiger partial charge in [0.2, 0.25) is 0 Å². The molecule has 162 valence electrons. The summed E-state index contributed by atoms with van der Waals surface area (Å²) in [6.45, 7) is 6.54. The van der Waals surface area contributed by atoms with Crippen LogP contribution in [0.4, 0.5) is 5.82 Å². The molecular weight excluding hydrogens is 396 g/mol. The summed E-state index contributed by atoms with van der Waals surface area (Å²) in [5.74, 6) is 2.69. The summed E-state index contributed by atoms with van der Waals surface area (Å²) in [5.41, 5.74) is 2.55. The van der Waals surface area contributed by atoms with Crippen molar-refractivity contribution in [1.29, 1.82) is 0 Å². The second-order valence-electron chi connectivity index (χ2n) is 7.42. The number of hydrogen-bond donors (Lipinski definition) is 0. The van der Waals surface area contributed by atoms with E-state index in [1.165, 1.54) is 0 Å². The lowest BCUT2D eigenvalue weighted by atomic mass is 10.1. The molecule has 1 saturated heterocycles. The first-order chi connectivity index (χ1) is 15.0. The summed E-state index contributed by atoms with van der Waals surface area (Å²) in [6, 6.07) is 9.19. The van der Waals surface area contributed by atoms with Crippen LogP contribution < -0.4 is 14.4 Å². The normalized spacial score (nSPS) is 13.9. The zero-order valence-electron chi connectivity index (χ0n) is 18.2. The van der Waals surface area contributed by atoms with Crippen LogP contribution in [0, 0.1) is 13.8 Å². The summed E-state index contributed by atoms with van der Waals surface area (Å²) in [4.78, 5) is 25.8. The molecule has 31 heavy (non-hydrogen) atoms. The minimum Gasteiger partial charge on any atom is -0.493 e. The van der Waals surface area contributed by atoms with Crippen LogP contribution in [-0.2, 0) is 0 Å². The summed E-state index contributed by atoms with van der Waals surface area (Å²) in [6.07, 6.45) is 1.56. The molecule has 0 unspecified atom stereocenters. The highest BCUT2D eigenvalue weighted by Gasteiger charge is 2.24. The maximum absolute atomic E-state index is 13.0. The number of carbonyl (C=O) groups is 1. The third-order valence-electron chi connectivity index (χ3n) is 5.39. The third kappa shape index (κ3) is 4.16. The maximum atomic E-state index is 13.0. The van der Waals surface area contributed by atoms with Crippen molar-refractivity contribution in [2.24, 2.45) is 0 Å². The van der Waals surface area contributed by atoms with Crippen molar-refractivity contribution in [2.45, 2.75) is 13.8 Å². The fourth-order valence-electron chi connectivity index (χ4n) is 3.78. The monoisotopic (exact) mass is 422 g/mol. The lowest BCUT2D eigenvalue weighted by Gasteiger charge is -2.35. The Labute approximate surface area is 181 Å². The first-order valence-corrected chi connectivity index (χ1v) is 10.1. The molecule has 0 spiro atoms. The fourth-order valence-corrected chi connectivity index (χ4v) is 3.78. The number of piperazine rings is 1. The first kappa shape index (κ1) is 20.6. The summed E-state index contributed by atoms with van der Waals surface area (Å²) < 4.78 is 12.4. The Bertz CT molecular complexity index is 1090. The van der Waals surface area contributed by atoms with Crippen molar-refractivity contribution in [3.05, 3.63) is 53.6 Å². The second-order valence-corrected chi connectivity index (χ2v) is 7.42. The van der Waals surface area contributed by atoms with Gasteiger partial charge in [-0.05, 0) is 38.1 Å². The number of nitrogens with zero attached hydrogens (tertiary/aromatic N) is 6. The molecule has 1 amide bonds. The Hall–Kier alpha value is -3.62. The number of ether oxygens (including phenoxy) is 2. The molecule has 1 fully saturated rings. The number of carbonyl (C=O) groups excluding carboxylic acids is 1. The minimum atomic E-state index is -0.0216. The van der Waals surface area contributed by atoms with Crippen LogP contribution in [0.2, 0.25) is 0 Å². The van der Waals surface area contributed by atoms with Gasteiger partial charge in [0.05, 0.1) is 19.9 Å². The average molecular weight is 422 g/mol. The molecule has 0 bridgehead atoms. The van der Waals surface area contributed by atoms with Crippen LogP contribution in [0.5, 0.6) is 11.5 Å². The molecule has 2 aromatic heterocycles.